The van der Waals surface area contributed by atoms with E-state index in [-0.39, 0.29) is 12.0 Å². The molecule has 0 aliphatic carbocycles. The molecule has 1 aromatic carbocycles. The van der Waals surface area contributed by atoms with Crippen LogP contribution in [0.25, 0.3) is 17.0 Å². The zero-order valence-corrected chi connectivity index (χ0v) is 8.72. The normalized spacial score (nSPS) is 11.3. The van der Waals surface area contributed by atoms with Crippen molar-refractivity contribution < 1.29 is 9.52 Å². The summed E-state index contributed by atoms with van der Waals surface area (Å²) in [5.74, 6) is 0. The van der Waals surface area contributed by atoms with Gasteiger partial charge < -0.3 is 9.52 Å². The summed E-state index contributed by atoms with van der Waals surface area (Å²) in [4.78, 5) is 11.5. The second kappa shape index (κ2) is 4.77. The van der Waals surface area contributed by atoms with E-state index in [9.17, 15) is 4.79 Å². The minimum absolute atomic E-state index is 0.0429. The predicted octanol–water partition coefficient (Wildman–Crippen LogP) is 2.19. The minimum Gasteiger partial charge on any atom is -0.464 e. The largest absolute Gasteiger partial charge is 0.464 e. The Bertz CT molecular complexity index is 567. The molecule has 0 unspecified atom stereocenters. The van der Waals surface area contributed by atoms with Crippen molar-refractivity contribution in [2.75, 3.05) is 6.61 Å². The van der Waals surface area contributed by atoms with Gasteiger partial charge in [-0.2, -0.15) is 0 Å². The lowest BCUT2D eigenvalue weighted by atomic mass is 10.1. The van der Waals surface area contributed by atoms with Crippen molar-refractivity contribution in [1.29, 1.82) is 0 Å². The lowest BCUT2D eigenvalue weighted by Gasteiger charge is -1.97. The van der Waals surface area contributed by atoms with E-state index in [4.69, 9.17) is 9.52 Å². The van der Waals surface area contributed by atoms with Crippen LogP contribution in [0.15, 0.2) is 45.8 Å². The Balaban J connectivity index is 2.43. The molecule has 2 rings (SSSR count). The van der Waals surface area contributed by atoms with Crippen LogP contribution < -0.4 is 5.43 Å². The molecule has 1 aromatic heterocycles. The summed E-state index contributed by atoms with van der Waals surface area (Å²) in [7, 11) is 0. The van der Waals surface area contributed by atoms with Crippen LogP contribution in [-0.2, 0) is 0 Å². The monoisotopic (exact) mass is 216 g/mol. The fraction of sp³-hybridized carbons (Fsp3) is 0.154. The van der Waals surface area contributed by atoms with Gasteiger partial charge in [-0.15, -0.1) is 0 Å². The van der Waals surface area contributed by atoms with Crippen molar-refractivity contribution in [1.82, 2.24) is 0 Å². The molecule has 0 aliphatic heterocycles. The molecule has 0 fully saturated rings. The van der Waals surface area contributed by atoms with Crippen LogP contribution in [0.2, 0.25) is 0 Å². The first-order valence-electron chi connectivity index (χ1n) is 5.10. The lowest BCUT2D eigenvalue weighted by Crippen LogP contribution is -1.97. The van der Waals surface area contributed by atoms with Crippen molar-refractivity contribution >= 4 is 17.0 Å². The number of rotatable bonds is 3. The summed E-state index contributed by atoms with van der Waals surface area (Å²) in [5, 5.41) is 9.22. The third-order valence-electron chi connectivity index (χ3n) is 2.29. The fourth-order valence-electron chi connectivity index (χ4n) is 1.50. The molecule has 3 nitrogen and oxygen atoms in total. The second-order valence-electron chi connectivity index (χ2n) is 3.46. The molecule has 0 spiro atoms. The molecule has 82 valence electrons. The standard InChI is InChI=1S/C13H12O3/c14-7-2-1-3-10-4-5-13-11(9-10)12(15)6-8-16-13/h1,3-6,8-9,14H,2,7H2. The maximum absolute atomic E-state index is 11.5. The molecule has 0 bridgehead atoms. The van der Waals surface area contributed by atoms with Crippen molar-refractivity contribution in [2.45, 2.75) is 6.42 Å². The molecule has 16 heavy (non-hydrogen) atoms. The molecule has 0 radical (unpaired) electrons. The summed E-state index contributed by atoms with van der Waals surface area (Å²) in [6.07, 6.45) is 5.75. The van der Waals surface area contributed by atoms with Crippen LogP contribution >= 0.6 is 0 Å². The van der Waals surface area contributed by atoms with Gasteiger partial charge in [0.15, 0.2) is 5.43 Å². The third-order valence-corrected chi connectivity index (χ3v) is 2.29. The Morgan fingerprint density at radius 3 is 3.00 bits per heavy atom. The predicted molar refractivity (Wildman–Crippen MR) is 63.2 cm³/mol. The Morgan fingerprint density at radius 2 is 2.19 bits per heavy atom. The highest BCUT2D eigenvalue weighted by molar-refractivity contribution is 5.79. The van der Waals surface area contributed by atoms with Crippen molar-refractivity contribution in [2.24, 2.45) is 0 Å². The van der Waals surface area contributed by atoms with Gasteiger partial charge in [-0.05, 0) is 24.1 Å². The van der Waals surface area contributed by atoms with Gasteiger partial charge in [0.2, 0.25) is 0 Å². The molecule has 0 amide bonds. The molecule has 0 aliphatic rings. The van der Waals surface area contributed by atoms with Crippen molar-refractivity contribution in [3.63, 3.8) is 0 Å². The number of aliphatic hydroxyl groups is 1. The molecule has 0 atom stereocenters. The van der Waals surface area contributed by atoms with E-state index in [1.54, 1.807) is 12.1 Å². The van der Waals surface area contributed by atoms with Crippen molar-refractivity contribution in [3.05, 3.63) is 52.4 Å². The van der Waals surface area contributed by atoms with Gasteiger partial charge in [-0.25, -0.2) is 0 Å². The molecular weight excluding hydrogens is 204 g/mol. The first kappa shape index (κ1) is 10.6. The lowest BCUT2D eigenvalue weighted by molar-refractivity contribution is 0.303. The van der Waals surface area contributed by atoms with E-state index in [0.717, 1.165) is 5.56 Å². The highest BCUT2D eigenvalue weighted by Gasteiger charge is 1.99. The van der Waals surface area contributed by atoms with Crippen LogP contribution in [0.5, 0.6) is 0 Å². The van der Waals surface area contributed by atoms with Gasteiger partial charge >= 0.3 is 0 Å². The zero-order chi connectivity index (χ0) is 11.4. The molecule has 2 aromatic rings. The van der Waals surface area contributed by atoms with E-state index in [2.05, 4.69) is 0 Å². The van der Waals surface area contributed by atoms with E-state index in [1.807, 2.05) is 18.2 Å². The van der Waals surface area contributed by atoms with Crippen LogP contribution in [-0.4, -0.2) is 11.7 Å². The van der Waals surface area contributed by atoms with E-state index >= 15 is 0 Å². The number of fused-ring (bicyclic) bond motifs is 1. The van der Waals surface area contributed by atoms with E-state index in [0.29, 0.717) is 17.4 Å². The van der Waals surface area contributed by atoms with Crippen LogP contribution in [0.4, 0.5) is 0 Å². The third kappa shape index (κ3) is 2.20. The molecule has 1 heterocycles. The van der Waals surface area contributed by atoms with Crippen LogP contribution in [0.3, 0.4) is 0 Å². The molecule has 1 N–H and O–H groups in total. The van der Waals surface area contributed by atoms with Gasteiger partial charge in [0.05, 0.1) is 11.6 Å². The van der Waals surface area contributed by atoms with E-state index in [1.165, 1.54) is 12.3 Å². The van der Waals surface area contributed by atoms with Crippen LogP contribution in [0, 0.1) is 0 Å². The number of hydrogen-bond acceptors (Lipinski definition) is 3. The quantitative estimate of drug-likeness (QED) is 0.855. The van der Waals surface area contributed by atoms with E-state index < -0.39 is 0 Å². The summed E-state index contributed by atoms with van der Waals surface area (Å²) < 4.78 is 5.21. The van der Waals surface area contributed by atoms with Crippen LogP contribution in [0.1, 0.15) is 12.0 Å². The highest BCUT2D eigenvalue weighted by Crippen LogP contribution is 2.13. The topological polar surface area (TPSA) is 50.4 Å². The van der Waals surface area contributed by atoms with Gasteiger partial charge in [0.25, 0.3) is 0 Å². The van der Waals surface area contributed by atoms with Gasteiger partial charge in [-0.1, -0.05) is 18.2 Å². The number of aliphatic hydroxyl groups excluding tert-OH is 1. The Labute approximate surface area is 92.6 Å². The molecule has 0 saturated carbocycles. The molecular formula is C13H12O3. The Kier molecular flexibility index (Phi) is 3.17. The number of benzene rings is 1. The van der Waals surface area contributed by atoms with Crippen molar-refractivity contribution in [3.8, 4) is 0 Å². The summed E-state index contributed by atoms with van der Waals surface area (Å²) in [6.45, 7) is 0.131. The molecule has 3 heteroatoms. The first-order valence-corrected chi connectivity index (χ1v) is 5.10. The Hall–Kier alpha value is -1.87. The molecule has 0 saturated heterocycles. The Morgan fingerprint density at radius 1 is 1.31 bits per heavy atom. The average molecular weight is 216 g/mol. The smallest absolute Gasteiger partial charge is 0.192 e. The van der Waals surface area contributed by atoms with Gasteiger partial charge in [-0.3, -0.25) is 4.79 Å². The zero-order valence-electron chi connectivity index (χ0n) is 8.72. The first-order chi connectivity index (χ1) is 7.81. The van der Waals surface area contributed by atoms with Gasteiger partial charge in [0, 0.05) is 12.7 Å². The maximum Gasteiger partial charge on any atom is 0.192 e. The summed E-state index contributed by atoms with van der Waals surface area (Å²) in [5.41, 5.74) is 1.48. The minimum atomic E-state index is -0.0429. The maximum atomic E-state index is 11.5. The summed E-state index contributed by atoms with van der Waals surface area (Å²) in [6, 6.07) is 6.84. The highest BCUT2D eigenvalue weighted by atomic mass is 16.3. The van der Waals surface area contributed by atoms with Gasteiger partial charge in [0.1, 0.15) is 5.58 Å². The number of hydrogen-bond donors (Lipinski definition) is 1. The second-order valence-corrected chi connectivity index (χ2v) is 3.46. The SMILES string of the molecule is O=c1ccoc2ccc(C=CCCO)cc12. The average Bonchev–Trinajstić information content (AvgIpc) is 2.30. The fourth-order valence-corrected chi connectivity index (χ4v) is 1.50. The summed E-state index contributed by atoms with van der Waals surface area (Å²) >= 11 is 0.